The highest BCUT2D eigenvalue weighted by molar-refractivity contribution is 5.34. The highest BCUT2D eigenvalue weighted by atomic mass is 16.5. The minimum absolute atomic E-state index is 0.118. The maximum Gasteiger partial charge on any atom is 0.0720 e. The van der Waals surface area contributed by atoms with E-state index in [1.54, 1.807) is 0 Å². The topological polar surface area (TPSA) is 35.2 Å². The number of benzene rings is 1. The molecule has 0 bridgehead atoms. The molecule has 0 fully saturated rings. The standard InChI is InChI=1S/C12H17NO/c1-8-3-4-10-7-14-6-9(2)12(13)11(10)5-8/h3-5,9,12H,6-7,13H2,1-2H3/t9-,12-/m1/s1. The summed E-state index contributed by atoms with van der Waals surface area (Å²) in [7, 11) is 0. The molecule has 76 valence electrons. The van der Waals surface area contributed by atoms with Crippen molar-refractivity contribution in [1.82, 2.24) is 0 Å². The molecule has 0 aromatic heterocycles. The van der Waals surface area contributed by atoms with E-state index in [1.807, 2.05) is 0 Å². The Labute approximate surface area is 85.1 Å². The monoisotopic (exact) mass is 191 g/mol. The Morgan fingerprint density at radius 2 is 2.21 bits per heavy atom. The van der Waals surface area contributed by atoms with Crippen LogP contribution in [0.1, 0.15) is 29.7 Å². The Morgan fingerprint density at radius 3 is 3.00 bits per heavy atom. The Kier molecular flexibility index (Phi) is 2.57. The second kappa shape index (κ2) is 3.71. The van der Waals surface area contributed by atoms with Crippen LogP contribution < -0.4 is 5.73 Å². The van der Waals surface area contributed by atoms with Crippen LogP contribution in [-0.4, -0.2) is 6.61 Å². The number of rotatable bonds is 0. The molecule has 1 aromatic carbocycles. The molecule has 2 heteroatoms. The second-order valence-corrected chi connectivity index (χ2v) is 4.22. The molecule has 1 aliphatic heterocycles. The van der Waals surface area contributed by atoms with Crippen LogP contribution in [0.25, 0.3) is 0 Å². The van der Waals surface area contributed by atoms with E-state index in [0.29, 0.717) is 12.5 Å². The lowest BCUT2D eigenvalue weighted by Crippen LogP contribution is -2.21. The first-order valence-corrected chi connectivity index (χ1v) is 5.11. The van der Waals surface area contributed by atoms with Crippen LogP contribution in [0.4, 0.5) is 0 Å². The largest absolute Gasteiger partial charge is 0.376 e. The first-order valence-electron chi connectivity index (χ1n) is 5.11. The molecule has 14 heavy (non-hydrogen) atoms. The minimum atomic E-state index is 0.118. The van der Waals surface area contributed by atoms with E-state index in [4.69, 9.17) is 10.5 Å². The predicted octanol–water partition coefficient (Wildman–Crippen LogP) is 2.16. The first kappa shape index (κ1) is 9.69. The molecule has 0 aliphatic carbocycles. The van der Waals surface area contributed by atoms with Crippen LogP contribution in [0, 0.1) is 12.8 Å². The summed E-state index contributed by atoms with van der Waals surface area (Å²) >= 11 is 0. The van der Waals surface area contributed by atoms with E-state index in [1.165, 1.54) is 16.7 Å². The zero-order valence-corrected chi connectivity index (χ0v) is 8.79. The fourth-order valence-electron chi connectivity index (χ4n) is 1.92. The summed E-state index contributed by atoms with van der Waals surface area (Å²) in [5.74, 6) is 0.401. The van der Waals surface area contributed by atoms with E-state index >= 15 is 0 Å². The van der Waals surface area contributed by atoms with Gasteiger partial charge >= 0.3 is 0 Å². The van der Waals surface area contributed by atoms with Crippen LogP contribution in [0.3, 0.4) is 0 Å². The van der Waals surface area contributed by atoms with Crippen molar-refractivity contribution < 1.29 is 4.74 Å². The van der Waals surface area contributed by atoms with Gasteiger partial charge in [-0.3, -0.25) is 0 Å². The third kappa shape index (κ3) is 1.68. The Morgan fingerprint density at radius 1 is 1.43 bits per heavy atom. The van der Waals surface area contributed by atoms with Crippen LogP contribution in [-0.2, 0) is 11.3 Å². The van der Waals surface area contributed by atoms with Crippen molar-refractivity contribution in [3.8, 4) is 0 Å². The summed E-state index contributed by atoms with van der Waals surface area (Å²) < 4.78 is 5.56. The Bertz CT molecular complexity index is 335. The van der Waals surface area contributed by atoms with Crippen molar-refractivity contribution in [1.29, 1.82) is 0 Å². The van der Waals surface area contributed by atoms with Crippen LogP contribution in [0.15, 0.2) is 18.2 Å². The van der Waals surface area contributed by atoms with Gasteiger partial charge in [-0.25, -0.2) is 0 Å². The second-order valence-electron chi connectivity index (χ2n) is 4.22. The molecule has 2 nitrogen and oxygen atoms in total. The summed E-state index contributed by atoms with van der Waals surface area (Å²) in [5.41, 5.74) is 9.95. The van der Waals surface area contributed by atoms with Gasteiger partial charge in [0.05, 0.1) is 13.2 Å². The lowest BCUT2D eigenvalue weighted by molar-refractivity contribution is 0.0941. The molecule has 0 unspecified atom stereocenters. The van der Waals surface area contributed by atoms with Crippen molar-refractivity contribution in [2.45, 2.75) is 26.5 Å². The van der Waals surface area contributed by atoms with Gasteiger partial charge < -0.3 is 10.5 Å². The quantitative estimate of drug-likeness (QED) is 0.682. The van der Waals surface area contributed by atoms with E-state index in [2.05, 4.69) is 32.0 Å². The molecule has 0 saturated carbocycles. The zero-order valence-electron chi connectivity index (χ0n) is 8.79. The van der Waals surface area contributed by atoms with Crippen molar-refractivity contribution >= 4 is 0 Å². The molecule has 2 N–H and O–H groups in total. The summed E-state index contributed by atoms with van der Waals surface area (Å²) in [6.07, 6.45) is 0. The number of fused-ring (bicyclic) bond motifs is 1. The molecular formula is C12H17NO. The van der Waals surface area contributed by atoms with Gasteiger partial charge in [0, 0.05) is 6.04 Å². The van der Waals surface area contributed by atoms with Crippen LogP contribution in [0.2, 0.25) is 0 Å². The first-order chi connectivity index (χ1) is 6.68. The maximum atomic E-state index is 6.18. The SMILES string of the molecule is Cc1ccc2c(c1)[C@H](N)[C@H](C)COC2. The van der Waals surface area contributed by atoms with Gasteiger partial charge in [0.15, 0.2) is 0 Å². The number of ether oxygens (including phenoxy) is 1. The average molecular weight is 191 g/mol. The van der Waals surface area contributed by atoms with E-state index in [-0.39, 0.29) is 6.04 Å². The number of nitrogens with two attached hydrogens (primary N) is 1. The van der Waals surface area contributed by atoms with Gasteiger partial charge in [-0.05, 0) is 24.0 Å². The minimum Gasteiger partial charge on any atom is -0.376 e. The van der Waals surface area contributed by atoms with Gasteiger partial charge in [0.25, 0.3) is 0 Å². The fraction of sp³-hybridized carbons (Fsp3) is 0.500. The third-order valence-corrected chi connectivity index (χ3v) is 2.91. The molecule has 0 radical (unpaired) electrons. The zero-order chi connectivity index (χ0) is 10.1. The highest BCUT2D eigenvalue weighted by Crippen LogP contribution is 2.28. The Hall–Kier alpha value is -0.860. The molecule has 1 aromatic rings. The Balaban J connectivity index is 2.44. The van der Waals surface area contributed by atoms with E-state index < -0.39 is 0 Å². The normalized spacial score (nSPS) is 26.8. The van der Waals surface area contributed by atoms with Gasteiger partial charge in [-0.1, -0.05) is 30.7 Å². The summed E-state index contributed by atoms with van der Waals surface area (Å²) in [5, 5.41) is 0. The molecule has 1 heterocycles. The molecular weight excluding hydrogens is 174 g/mol. The third-order valence-electron chi connectivity index (χ3n) is 2.91. The number of hydrogen-bond donors (Lipinski definition) is 1. The van der Waals surface area contributed by atoms with Crippen LogP contribution in [0.5, 0.6) is 0 Å². The number of hydrogen-bond acceptors (Lipinski definition) is 2. The fourth-order valence-corrected chi connectivity index (χ4v) is 1.92. The maximum absolute atomic E-state index is 6.18. The lowest BCUT2D eigenvalue weighted by atomic mass is 9.92. The molecule has 0 amide bonds. The van der Waals surface area contributed by atoms with Gasteiger partial charge in [0.1, 0.15) is 0 Å². The highest BCUT2D eigenvalue weighted by Gasteiger charge is 2.21. The van der Waals surface area contributed by atoms with Gasteiger partial charge in [-0.2, -0.15) is 0 Å². The molecule has 2 rings (SSSR count). The van der Waals surface area contributed by atoms with Crippen molar-refractivity contribution in [2.75, 3.05) is 6.61 Å². The molecule has 0 saturated heterocycles. The molecule has 0 spiro atoms. The van der Waals surface area contributed by atoms with E-state index in [0.717, 1.165) is 6.61 Å². The summed E-state index contributed by atoms with van der Waals surface area (Å²) in [6, 6.07) is 6.55. The predicted molar refractivity (Wildman–Crippen MR) is 56.9 cm³/mol. The molecule has 1 aliphatic rings. The summed E-state index contributed by atoms with van der Waals surface area (Å²) in [4.78, 5) is 0. The molecule has 2 atom stereocenters. The van der Waals surface area contributed by atoms with Gasteiger partial charge in [0.2, 0.25) is 0 Å². The lowest BCUT2D eigenvalue weighted by Gasteiger charge is -2.18. The van der Waals surface area contributed by atoms with Crippen LogP contribution >= 0.6 is 0 Å². The van der Waals surface area contributed by atoms with Crippen molar-refractivity contribution in [3.05, 3.63) is 34.9 Å². The average Bonchev–Trinajstić information content (AvgIpc) is 2.30. The summed E-state index contributed by atoms with van der Waals surface area (Å²) in [6.45, 7) is 5.70. The van der Waals surface area contributed by atoms with Crippen molar-refractivity contribution in [3.63, 3.8) is 0 Å². The number of aryl methyl sites for hydroxylation is 1. The smallest absolute Gasteiger partial charge is 0.0720 e. The van der Waals surface area contributed by atoms with E-state index in [9.17, 15) is 0 Å². The van der Waals surface area contributed by atoms with Gasteiger partial charge in [-0.15, -0.1) is 0 Å². The van der Waals surface area contributed by atoms with Crippen molar-refractivity contribution in [2.24, 2.45) is 11.7 Å².